The van der Waals surface area contributed by atoms with Crippen molar-refractivity contribution in [3.63, 3.8) is 0 Å². The molecule has 1 aromatic rings. The molecule has 5 nitrogen and oxygen atoms in total. The van der Waals surface area contributed by atoms with Crippen LogP contribution in [0, 0.1) is 5.82 Å². The highest BCUT2D eigenvalue weighted by molar-refractivity contribution is 5.58. The van der Waals surface area contributed by atoms with E-state index >= 15 is 0 Å². The number of nitrogens with one attached hydrogen (secondary N) is 1. The number of aliphatic imine (C=N–C) groups is 1. The molecule has 0 saturated heterocycles. The Balaban J connectivity index is 1.85. The third-order valence-corrected chi connectivity index (χ3v) is 4.67. The summed E-state index contributed by atoms with van der Waals surface area (Å²) in [5.41, 5.74) is 10.1. The zero-order valence-corrected chi connectivity index (χ0v) is 15.8. The lowest BCUT2D eigenvalue weighted by atomic mass is 10.0. The molecule has 0 aromatic heterocycles. The fourth-order valence-electron chi connectivity index (χ4n) is 3.52. The van der Waals surface area contributed by atoms with Crippen molar-refractivity contribution in [3.8, 4) is 5.75 Å². The molecule has 0 radical (unpaired) electrons. The lowest BCUT2D eigenvalue weighted by molar-refractivity contribution is 0.312. The molecule has 2 aliphatic rings. The van der Waals surface area contributed by atoms with E-state index in [1.165, 1.54) is 23.8 Å². The summed E-state index contributed by atoms with van der Waals surface area (Å²) >= 11 is 0. The predicted octanol–water partition coefficient (Wildman–Crippen LogP) is 4.10. The first-order chi connectivity index (χ1) is 13.1. The Bertz CT molecular complexity index is 798. The number of allylic oxidation sites excluding steroid dienone is 4. The van der Waals surface area contributed by atoms with Gasteiger partial charge in [-0.05, 0) is 68.3 Å². The molecule has 2 bridgehead atoms. The Hall–Kier alpha value is -2.60. The molecule has 0 fully saturated rings. The van der Waals surface area contributed by atoms with Gasteiger partial charge in [0, 0.05) is 25.0 Å². The van der Waals surface area contributed by atoms with Crippen molar-refractivity contribution in [1.82, 2.24) is 10.2 Å². The van der Waals surface area contributed by atoms with Gasteiger partial charge in [-0.2, -0.15) is 0 Å². The van der Waals surface area contributed by atoms with E-state index in [0.29, 0.717) is 12.2 Å². The number of dihydropyridines is 1. The Morgan fingerprint density at radius 2 is 2.15 bits per heavy atom. The zero-order valence-electron chi connectivity index (χ0n) is 15.8. The summed E-state index contributed by atoms with van der Waals surface area (Å²) in [4.78, 5) is 6.10. The highest BCUT2D eigenvalue weighted by atomic mass is 19.1. The molecule has 6 heteroatoms. The van der Waals surface area contributed by atoms with Crippen LogP contribution in [0.5, 0.6) is 5.75 Å². The molecule has 0 atom stereocenters. The van der Waals surface area contributed by atoms with Crippen LogP contribution in [0.25, 0.3) is 0 Å². The second kappa shape index (κ2) is 8.86. The minimum Gasteiger partial charge on any atom is -0.473 e. The number of ether oxygens (including phenoxy) is 1. The standard InChI is InChI=1S/C21H27FN4O/c1-15-8-17-6-4-3-5-7-26(13-18(9-15)25-17)12-16-10-19(22)21(27-14-23)20(11-16)24-2/h8-11,13,25H,2-7,12,14,23H2,1H3/b18-13-. The molecule has 27 heavy (non-hydrogen) atoms. The minimum atomic E-state index is -0.467. The van der Waals surface area contributed by atoms with Crippen LogP contribution in [0.2, 0.25) is 0 Å². The van der Waals surface area contributed by atoms with Crippen LogP contribution in [-0.2, 0) is 6.54 Å². The first kappa shape index (κ1) is 19.2. The maximum absolute atomic E-state index is 14.4. The van der Waals surface area contributed by atoms with E-state index in [9.17, 15) is 4.39 Å². The highest BCUT2D eigenvalue weighted by Crippen LogP contribution is 2.32. The Morgan fingerprint density at radius 1 is 1.30 bits per heavy atom. The Labute approximate surface area is 160 Å². The molecule has 0 saturated carbocycles. The maximum atomic E-state index is 14.4. The van der Waals surface area contributed by atoms with Crippen LogP contribution >= 0.6 is 0 Å². The van der Waals surface area contributed by atoms with Gasteiger partial charge in [0.15, 0.2) is 11.6 Å². The van der Waals surface area contributed by atoms with Crippen molar-refractivity contribution in [2.45, 2.75) is 39.2 Å². The van der Waals surface area contributed by atoms with Gasteiger partial charge in [0.1, 0.15) is 12.4 Å². The van der Waals surface area contributed by atoms with E-state index in [1.54, 1.807) is 6.07 Å². The third kappa shape index (κ3) is 4.98. The van der Waals surface area contributed by atoms with Crippen LogP contribution in [0.3, 0.4) is 0 Å². The molecule has 3 rings (SSSR count). The second-order valence-corrected chi connectivity index (χ2v) is 6.94. The van der Waals surface area contributed by atoms with Crippen LogP contribution in [0.1, 0.15) is 38.2 Å². The lowest BCUT2D eigenvalue weighted by Crippen LogP contribution is -2.24. The van der Waals surface area contributed by atoms with Crippen LogP contribution in [-0.4, -0.2) is 24.9 Å². The van der Waals surface area contributed by atoms with Crippen molar-refractivity contribution in [2.24, 2.45) is 10.7 Å². The van der Waals surface area contributed by atoms with Crippen molar-refractivity contribution >= 4 is 12.4 Å². The van der Waals surface area contributed by atoms with E-state index in [4.69, 9.17) is 10.5 Å². The average Bonchev–Trinajstić information content (AvgIpc) is 2.62. The van der Waals surface area contributed by atoms with Crippen molar-refractivity contribution in [3.05, 3.63) is 58.8 Å². The first-order valence-electron chi connectivity index (χ1n) is 9.33. The third-order valence-electron chi connectivity index (χ3n) is 4.67. The summed E-state index contributed by atoms with van der Waals surface area (Å²) < 4.78 is 19.6. The molecule has 0 aliphatic carbocycles. The average molecular weight is 370 g/mol. The molecular formula is C21H27FN4O. The fourth-order valence-corrected chi connectivity index (χ4v) is 3.52. The van der Waals surface area contributed by atoms with Crippen LogP contribution in [0.4, 0.5) is 10.1 Å². The topological polar surface area (TPSA) is 62.9 Å². The van der Waals surface area contributed by atoms with Gasteiger partial charge in [-0.3, -0.25) is 10.7 Å². The van der Waals surface area contributed by atoms with Crippen molar-refractivity contribution in [1.29, 1.82) is 0 Å². The number of halogens is 1. The number of rotatable bonds is 5. The smallest absolute Gasteiger partial charge is 0.182 e. The summed E-state index contributed by atoms with van der Waals surface area (Å²) in [7, 11) is 0. The van der Waals surface area contributed by atoms with Gasteiger partial charge >= 0.3 is 0 Å². The zero-order chi connectivity index (χ0) is 19.2. The number of hydrogen-bond acceptors (Lipinski definition) is 5. The monoisotopic (exact) mass is 370 g/mol. The van der Waals surface area contributed by atoms with E-state index in [1.807, 2.05) is 0 Å². The number of hydrogen-bond donors (Lipinski definition) is 2. The molecule has 2 heterocycles. The van der Waals surface area contributed by atoms with Gasteiger partial charge in [0.2, 0.25) is 0 Å². The van der Waals surface area contributed by atoms with E-state index in [0.717, 1.165) is 37.1 Å². The van der Waals surface area contributed by atoms with Gasteiger partial charge in [-0.15, -0.1) is 0 Å². The first-order valence-corrected chi connectivity index (χ1v) is 9.33. The molecule has 1 aromatic carbocycles. The van der Waals surface area contributed by atoms with Crippen LogP contribution in [0.15, 0.2) is 52.4 Å². The van der Waals surface area contributed by atoms with Gasteiger partial charge in [0.05, 0.1) is 5.70 Å². The minimum absolute atomic E-state index is 0.0536. The molecule has 0 spiro atoms. The largest absolute Gasteiger partial charge is 0.473 e. The summed E-state index contributed by atoms with van der Waals surface area (Å²) in [6, 6.07) is 3.29. The van der Waals surface area contributed by atoms with Gasteiger partial charge in [-0.25, -0.2) is 4.39 Å². The SMILES string of the molecule is C=Nc1cc(CN2/C=C3/C=C(C)C=C(CCCCC2)N3)cc(F)c1OCN. The molecule has 2 aliphatic heterocycles. The van der Waals surface area contributed by atoms with E-state index in [-0.39, 0.29) is 12.5 Å². The Morgan fingerprint density at radius 3 is 2.93 bits per heavy atom. The molecule has 0 amide bonds. The quantitative estimate of drug-likeness (QED) is 0.605. The number of nitrogens with two attached hydrogens (primary N) is 1. The second-order valence-electron chi connectivity index (χ2n) is 6.94. The summed E-state index contributed by atoms with van der Waals surface area (Å²) in [5.74, 6) is -0.413. The van der Waals surface area contributed by atoms with Crippen molar-refractivity contribution < 1.29 is 9.13 Å². The number of nitrogens with zero attached hydrogens (tertiary/aromatic N) is 2. The van der Waals surface area contributed by atoms with E-state index in [2.05, 4.69) is 47.2 Å². The predicted molar refractivity (Wildman–Crippen MR) is 107 cm³/mol. The Kier molecular flexibility index (Phi) is 6.29. The molecule has 0 unspecified atom stereocenters. The summed E-state index contributed by atoms with van der Waals surface area (Å²) in [6.07, 6.45) is 11.0. The number of benzene rings is 1. The lowest BCUT2D eigenvalue weighted by Gasteiger charge is -2.26. The maximum Gasteiger partial charge on any atom is 0.182 e. The molecular weight excluding hydrogens is 343 g/mol. The summed E-state index contributed by atoms with van der Waals surface area (Å²) in [6.45, 7) is 7.01. The summed E-state index contributed by atoms with van der Waals surface area (Å²) in [5, 5.41) is 3.50. The highest BCUT2D eigenvalue weighted by Gasteiger charge is 2.15. The van der Waals surface area contributed by atoms with E-state index < -0.39 is 5.82 Å². The molecule has 144 valence electrons. The fraction of sp³-hybridized carbons (Fsp3) is 0.381. The normalized spacial score (nSPS) is 19.2. The van der Waals surface area contributed by atoms with Crippen molar-refractivity contribution in [2.75, 3.05) is 13.3 Å². The van der Waals surface area contributed by atoms with Gasteiger partial charge in [0.25, 0.3) is 0 Å². The van der Waals surface area contributed by atoms with Gasteiger partial charge < -0.3 is 15.0 Å². The van der Waals surface area contributed by atoms with Crippen LogP contribution < -0.4 is 15.8 Å². The number of fused-ring (bicyclic) bond motifs is 2. The molecule has 3 N–H and O–H groups in total. The van der Waals surface area contributed by atoms with Gasteiger partial charge in [-0.1, -0.05) is 6.42 Å².